The SMILES string of the molecule is O=C(NCC(=O)N1CCC(NS(=O)(=O)c2cccs2)CC1)c1ccsc1. The number of nitrogens with one attached hydrogen (secondary N) is 2. The van der Waals surface area contributed by atoms with Gasteiger partial charge < -0.3 is 10.2 Å². The average molecular weight is 414 g/mol. The third-order valence-corrected chi connectivity index (χ3v) is 7.71. The average Bonchev–Trinajstić information content (AvgIpc) is 3.33. The monoisotopic (exact) mass is 413 g/mol. The number of hydrogen-bond donors (Lipinski definition) is 2. The highest BCUT2D eigenvalue weighted by atomic mass is 32.2. The van der Waals surface area contributed by atoms with Crippen LogP contribution in [0, 0.1) is 0 Å². The summed E-state index contributed by atoms with van der Waals surface area (Å²) in [7, 11) is -3.49. The molecule has 0 atom stereocenters. The smallest absolute Gasteiger partial charge is 0.252 e. The van der Waals surface area contributed by atoms with Crippen molar-refractivity contribution in [2.45, 2.75) is 23.1 Å². The van der Waals surface area contributed by atoms with E-state index in [1.54, 1.807) is 39.2 Å². The van der Waals surface area contributed by atoms with Gasteiger partial charge in [0.05, 0.1) is 6.54 Å². The second-order valence-electron chi connectivity index (χ2n) is 5.90. The van der Waals surface area contributed by atoms with Crippen LogP contribution in [0.15, 0.2) is 38.5 Å². The molecule has 26 heavy (non-hydrogen) atoms. The summed E-state index contributed by atoms with van der Waals surface area (Å²) < 4.78 is 27.5. The van der Waals surface area contributed by atoms with Crippen LogP contribution in [0.1, 0.15) is 23.2 Å². The second kappa shape index (κ2) is 8.30. The molecular formula is C16H19N3O4S3. The third-order valence-electron chi connectivity index (χ3n) is 4.11. The summed E-state index contributed by atoms with van der Waals surface area (Å²) in [6.45, 7) is 0.871. The number of carbonyl (C=O) groups excluding carboxylic acids is 2. The molecule has 2 aromatic rings. The number of nitrogens with zero attached hydrogens (tertiary/aromatic N) is 1. The van der Waals surface area contributed by atoms with Gasteiger partial charge in [-0.05, 0) is 35.7 Å². The molecule has 0 spiro atoms. The quantitative estimate of drug-likeness (QED) is 0.750. The highest BCUT2D eigenvalue weighted by molar-refractivity contribution is 7.91. The van der Waals surface area contributed by atoms with Gasteiger partial charge in [0.2, 0.25) is 15.9 Å². The molecule has 7 nitrogen and oxygen atoms in total. The van der Waals surface area contributed by atoms with Crippen LogP contribution in [0.3, 0.4) is 0 Å². The summed E-state index contributed by atoms with van der Waals surface area (Å²) in [4.78, 5) is 25.7. The zero-order chi connectivity index (χ0) is 18.6. The lowest BCUT2D eigenvalue weighted by Gasteiger charge is -2.32. The zero-order valence-corrected chi connectivity index (χ0v) is 16.3. The predicted octanol–water partition coefficient (Wildman–Crippen LogP) is 1.51. The predicted molar refractivity (Wildman–Crippen MR) is 101 cm³/mol. The molecule has 2 aromatic heterocycles. The Morgan fingerprint density at radius 2 is 1.96 bits per heavy atom. The van der Waals surface area contributed by atoms with Gasteiger partial charge in [-0.25, -0.2) is 13.1 Å². The van der Waals surface area contributed by atoms with Gasteiger partial charge in [0.25, 0.3) is 5.91 Å². The minimum absolute atomic E-state index is 0.0553. The van der Waals surface area contributed by atoms with Crippen LogP contribution in [-0.4, -0.2) is 50.8 Å². The molecule has 1 fully saturated rings. The van der Waals surface area contributed by atoms with Crippen molar-refractivity contribution in [2.24, 2.45) is 0 Å². The van der Waals surface area contributed by atoms with Crippen molar-refractivity contribution in [3.8, 4) is 0 Å². The van der Waals surface area contributed by atoms with E-state index in [1.807, 2.05) is 0 Å². The minimum atomic E-state index is -3.49. The van der Waals surface area contributed by atoms with Crippen molar-refractivity contribution in [3.05, 3.63) is 39.9 Å². The molecule has 1 saturated heterocycles. The van der Waals surface area contributed by atoms with Crippen molar-refractivity contribution in [1.29, 1.82) is 0 Å². The number of likely N-dealkylation sites (tertiary alicyclic amines) is 1. The van der Waals surface area contributed by atoms with Crippen molar-refractivity contribution in [1.82, 2.24) is 14.9 Å². The highest BCUT2D eigenvalue weighted by Crippen LogP contribution is 2.18. The normalized spacial score (nSPS) is 15.8. The Hall–Kier alpha value is -1.75. The summed E-state index contributed by atoms with van der Waals surface area (Å²) in [5.74, 6) is -0.425. The van der Waals surface area contributed by atoms with E-state index in [4.69, 9.17) is 0 Å². The van der Waals surface area contributed by atoms with E-state index in [9.17, 15) is 18.0 Å². The number of piperidine rings is 1. The molecule has 0 radical (unpaired) electrons. The van der Waals surface area contributed by atoms with Crippen LogP contribution in [0.25, 0.3) is 0 Å². The Balaban J connectivity index is 1.44. The molecule has 0 aliphatic carbocycles. The van der Waals surface area contributed by atoms with Gasteiger partial charge in [-0.3, -0.25) is 9.59 Å². The molecule has 1 aliphatic rings. The number of carbonyl (C=O) groups is 2. The van der Waals surface area contributed by atoms with E-state index < -0.39 is 10.0 Å². The van der Waals surface area contributed by atoms with Gasteiger partial charge in [-0.1, -0.05) is 6.07 Å². The Bertz CT molecular complexity index is 839. The molecule has 10 heteroatoms. The van der Waals surface area contributed by atoms with E-state index in [0.717, 1.165) is 0 Å². The molecule has 0 saturated carbocycles. The van der Waals surface area contributed by atoms with Crippen LogP contribution in [0.4, 0.5) is 0 Å². The summed E-state index contributed by atoms with van der Waals surface area (Å²) in [6, 6.07) is 4.79. The molecule has 3 heterocycles. The van der Waals surface area contributed by atoms with Crippen LogP contribution in [0.2, 0.25) is 0 Å². The van der Waals surface area contributed by atoms with Gasteiger partial charge in [-0.15, -0.1) is 11.3 Å². The lowest BCUT2D eigenvalue weighted by molar-refractivity contribution is -0.131. The van der Waals surface area contributed by atoms with Gasteiger partial charge in [0.15, 0.2) is 0 Å². The maximum Gasteiger partial charge on any atom is 0.252 e. The van der Waals surface area contributed by atoms with Crippen molar-refractivity contribution in [3.63, 3.8) is 0 Å². The largest absolute Gasteiger partial charge is 0.343 e. The number of sulfonamides is 1. The zero-order valence-electron chi connectivity index (χ0n) is 13.9. The number of amides is 2. The van der Waals surface area contributed by atoms with E-state index in [-0.39, 0.29) is 24.4 Å². The lowest BCUT2D eigenvalue weighted by Crippen LogP contribution is -2.48. The fraction of sp³-hybridized carbons (Fsp3) is 0.375. The first-order chi connectivity index (χ1) is 12.5. The number of rotatable bonds is 6. The summed E-state index contributed by atoms with van der Waals surface area (Å²) in [5, 5.41) is 7.87. The van der Waals surface area contributed by atoms with Crippen LogP contribution in [0.5, 0.6) is 0 Å². The van der Waals surface area contributed by atoms with Gasteiger partial charge >= 0.3 is 0 Å². The number of hydrogen-bond acceptors (Lipinski definition) is 6. The fourth-order valence-electron chi connectivity index (χ4n) is 2.70. The van der Waals surface area contributed by atoms with Crippen LogP contribution in [-0.2, 0) is 14.8 Å². The molecular weight excluding hydrogens is 394 g/mol. The van der Waals surface area contributed by atoms with Crippen LogP contribution >= 0.6 is 22.7 Å². The standard InChI is InChI=1S/C16H19N3O4S3/c20-14(10-17-16(21)12-5-9-24-11-12)19-6-3-13(4-7-19)18-26(22,23)15-2-1-8-25-15/h1-2,5,8-9,11,13,18H,3-4,6-7,10H2,(H,17,21). The van der Waals surface area contributed by atoms with Gasteiger partial charge in [0.1, 0.15) is 4.21 Å². The molecule has 0 bridgehead atoms. The number of thiophene rings is 2. The van der Waals surface area contributed by atoms with Crippen molar-refractivity contribution in [2.75, 3.05) is 19.6 Å². The van der Waals surface area contributed by atoms with Crippen LogP contribution < -0.4 is 10.0 Å². The van der Waals surface area contributed by atoms with E-state index in [1.165, 1.54) is 22.7 Å². The minimum Gasteiger partial charge on any atom is -0.343 e. The Labute approximate surface area is 160 Å². The van der Waals surface area contributed by atoms with E-state index in [0.29, 0.717) is 35.7 Å². The maximum absolute atomic E-state index is 12.2. The molecule has 0 unspecified atom stereocenters. The summed E-state index contributed by atoms with van der Waals surface area (Å²) >= 11 is 2.60. The molecule has 2 N–H and O–H groups in total. The van der Waals surface area contributed by atoms with Crippen molar-refractivity contribution >= 4 is 44.5 Å². The lowest BCUT2D eigenvalue weighted by atomic mass is 10.1. The second-order valence-corrected chi connectivity index (χ2v) is 9.57. The molecule has 2 amide bonds. The van der Waals surface area contributed by atoms with E-state index in [2.05, 4.69) is 10.0 Å². The van der Waals surface area contributed by atoms with Crippen molar-refractivity contribution < 1.29 is 18.0 Å². The summed E-state index contributed by atoms with van der Waals surface area (Å²) in [5.41, 5.74) is 0.546. The Morgan fingerprint density at radius 3 is 2.58 bits per heavy atom. The topological polar surface area (TPSA) is 95.6 Å². The van der Waals surface area contributed by atoms with Gasteiger partial charge in [-0.2, -0.15) is 11.3 Å². The third kappa shape index (κ3) is 4.70. The maximum atomic E-state index is 12.2. The first-order valence-corrected chi connectivity index (χ1v) is 11.4. The Morgan fingerprint density at radius 1 is 1.19 bits per heavy atom. The first kappa shape index (κ1) is 19.0. The molecule has 0 aromatic carbocycles. The molecule has 140 valence electrons. The summed E-state index contributed by atoms with van der Waals surface area (Å²) in [6.07, 6.45) is 1.10. The van der Waals surface area contributed by atoms with E-state index >= 15 is 0 Å². The molecule has 3 rings (SSSR count). The van der Waals surface area contributed by atoms with Gasteiger partial charge in [0, 0.05) is 30.1 Å². The first-order valence-electron chi connectivity index (χ1n) is 8.10. The highest BCUT2D eigenvalue weighted by Gasteiger charge is 2.27. The fourth-order valence-corrected chi connectivity index (χ4v) is 5.65. The Kier molecular flexibility index (Phi) is 6.07. The molecule has 1 aliphatic heterocycles.